The fourth-order valence-electron chi connectivity index (χ4n) is 2.12. The number of halogens is 1. The molecular weight excluding hydrogens is 316 g/mol. The molecule has 1 heterocycles. The Labute approximate surface area is 125 Å². The van der Waals surface area contributed by atoms with Gasteiger partial charge in [0.2, 0.25) is 0 Å². The minimum atomic E-state index is -0.102. The molecule has 0 unspecified atom stereocenters. The Morgan fingerprint density at radius 1 is 1.15 bits per heavy atom. The molecule has 20 heavy (non-hydrogen) atoms. The third-order valence-electron chi connectivity index (χ3n) is 3.23. The molecule has 0 aliphatic heterocycles. The molecule has 3 aromatic rings. The quantitative estimate of drug-likeness (QED) is 0.715. The van der Waals surface area contributed by atoms with E-state index >= 15 is 0 Å². The second-order valence-corrected chi connectivity index (χ2v) is 5.55. The van der Waals surface area contributed by atoms with E-state index in [0.717, 1.165) is 26.6 Å². The molecule has 0 spiro atoms. The number of H-pyrrole nitrogens is 1. The zero-order valence-electron chi connectivity index (χ0n) is 10.9. The molecule has 0 fully saturated rings. The van der Waals surface area contributed by atoms with Gasteiger partial charge in [0.1, 0.15) is 0 Å². The number of anilines is 1. The molecule has 2 aromatic carbocycles. The van der Waals surface area contributed by atoms with Crippen molar-refractivity contribution in [3.8, 4) is 0 Å². The number of carbonyl (C=O) groups is 1. The van der Waals surface area contributed by atoms with E-state index in [9.17, 15) is 4.79 Å². The van der Waals surface area contributed by atoms with Crippen LogP contribution in [0.1, 0.15) is 15.9 Å². The summed E-state index contributed by atoms with van der Waals surface area (Å²) in [6, 6.07) is 13.3. The van der Waals surface area contributed by atoms with E-state index in [4.69, 9.17) is 0 Å². The van der Waals surface area contributed by atoms with Crippen molar-refractivity contribution in [3.63, 3.8) is 0 Å². The third-order valence-corrected chi connectivity index (χ3v) is 4.12. The minimum Gasteiger partial charge on any atom is -0.361 e. The van der Waals surface area contributed by atoms with Crippen LogP contribution in [0.3, 0.4) is 0 Å². The van der Waals surface area contributed by atoms with Gasteiger partial charge in [-0.05, 0) is 55.0 Å². The van der Waals surface area contributed by atoms with Crippen LogP contribution in [-0.2, 0) is 0 Å². The van der Waals surface area contributed by atoms with Crippen LogP contribution in [0.2, 0.25) is 0 Å². The fraction of sp³-hybridized carbons (Fsp3) is 0.0625. The van der Waals surface area contributed by atoms with Crippen LogP contribution in [0, 0.1) is 6.92 Å². The summed E-state index contributed by atoms with van der Waals surface area (Å²) in [6.45, 7) is 1.99. The Balaban J connectivity index is 1.86. The van der Waals surface area contributed by atoms with Crippen molar-refractivity contribution < 1.29 is 4.79 Å². The highest BCUT2D eigenvalue weighted by Gasteiger charge is 2.08. The second-order valence-electron chi connectivity index (χ2n) is 4.70. The topological polar surface area (TPSA) is 44.9 Å². The van der Waals surface area contributed by atoms with Crippen LogP contribution in [0.25, 0.3) is 10.9 Å². The summed E-state index contributed by atoms with van der Waals surface area (Å²) >= 11 is 3.45. The summed E-state index contributed by atoms with van der Waals surface area (Å²) in [6.07, 6.45) is 1.87. The van der Waals surface area contributed by atoms with Crippen LogP contribution in [0.15, 0.2) is 53.1 Å². The number of aromatic amines is 1. The normalized spacial score (nSPS) is 10.7. The smallest absolute Gasteiger partial charge is 0.255 e. The average Bonchev–Trinajstić information content (AvgIpc) is 2.90. The van der Waals surface area contributed by atoms with E-state index in [1.54, 1.807) is 0 Å². The number of hydrogen-bond donors (Lipinski definition) is 2. The van der Waals surface area contributed by atoms with Crippen LogP contribution in [-0.4, -0.2) is 10.9 Å². The lowest BCUT2D eigenvalue weighted by atomic mass is 10.1. The lowest BCUT2D eigenvalue weighted by Crippen LogP contribution is -2.11. The van der Waals surface area contributed by atoms with Crippen molar-refractivity contribution in [1.29, 1.82) is 0 Å². The van der Waals surface area contributed by atoms with Gasteiger partial charge in [0.15, 0.2) is 0 Å². The molecule has 1 amide bonds. The predicted molar refractivity (Wildman–Crippen MR) is 85.1 cm³/mol. The maximum absolute atomic E-state index is 12.2. The monoisotopic (exact) mass is 328 g/mol. The van der Waals surface area contributed by atoms with E-state index in [2.05, 4.69) is 26.2 Å². The molecule has 100 valence electrons. The van der Waals surface area contributed by atoms with Gasteiger partial charge in [0, 0.05) is 32.8 Å². The van der Waals surface area contributed by atoms with Gasteiger partial charge in [0.25, 0.3) is 5.91 Å². The molecular formula is C16H13BrN2O. The van der Waals surface area contributed by atoms with Gasteiger partial charge in [-0.25, -0.2) is 0 Å². The van der Waals surface area contributed by atoms with Gasteiger partial charge in [-0.1, -0.05) is 15.9 Å². The first-order chi connectivity index (χ1) is 9.63. The number of hydrogen-bond acceptors (Lipinski definition) is 1. The van der Waals surface area contributed by atoms with Crippen molar-refractivity contribution >= 4 is 38.4 Å². The summed E-state index contributed by atoms with van der Waals surface area (Å²) in [5.74, 6) is -0.102. The maximum Gasteiger partial charge on any atom is 0.255 e. The Bertz CT molecular complexity index is 792. The number of benzene rings is 2. The molecule has 0 bridgehead atoms. The van der Waals surface area contributed by atoms with Crippen LogP contribution in [0.4, 0.5) is 5.69 Å². The molecule has 3 nitrogen and oxygen atoms in total. The van der Waals surface area contributed by atoms with E-state index < -0.39 is 0 Å². The lowest BCUT2D eigenvalue weighted by Gasteiger charge is -2.07. The largest absolute Gasteiger partial charge is 0.361 e. The molecule has 0 saturated heterocycles. The van der Waals surface area contributed by atoms with Crippen molar-refractivity contribution in [2.24, 2.45) is 0 Å². The van der Waals surface area contributed by atoms with Crippen LogP contribution >= 0.6 is 15.9 Å². The van der Waals surface area contributed by atoms with Gasteiger partial charge in [0.05, 0.1) is 0 Å². The standard InChI is InChI=1S/C16H13BrN2O/c1-10-8-13(3-4-14(10)17)19-16(20)12-2-5-15-11(9-12)6-7-18-15/h2-9,18H,1H3,(H,19,20). The van der Waals surface area contributed by atoms with Gasteiger partial charge in [-0.2, -0.15) is 0 Å². The molecule has 1 aromatic heterocycles. The number of rotatable bonds is 2. The van der Waals surface area contributed by atoms with Gasteiger partial charge < -0.3 is 10.3 Å². The van der Waals surface area contributed by atoms with Crippen LogP contribution < -0.4 is 5.32 Å². The summed E-state index contributed by atoms with van der Waals surface area (Å²) in [4.78, 5) is 15.4. The van der Waals surface area contributed by atoms with Gasteiger partial charge in [-0.3, -0.25) is 4.79 Å². The first kappa shape index (κ1) is 12.9. The molecule has 0 atom stereocenters. The SMILES string of the molecule is Cc1cc(NC(=O)c2ccc3[nH]ccc3c2)ccc1Br. The molecule has 0 aliphatic rings. The van der Waals surface area contributed by atoms with Crippen LogP contribution in [0.5, 0.6) is 0 Å². The summed E-state index contributed by atoms with van der Waals surface area (Å²) in [5, 5.41) is 3.95. The molecule has 3 rings (SSSR count). The lowest BCUT2D eigenvalue weighted by molar-refractivity contribution is 0.102. The maximum atomic E-state index is 12.2. The first-order valence-electron chi connectivity index (χ1n) is 6.28. The zero-order chi connectivity index (χ0) is 14.1. The van der Waals surface area contributed by atoms with Crippen molar-refractivity contribution in [2.45, 2.75) is 6.92 Å². The third kappa shape index (κ3) is 2.47. The second kappa shape index (κ2) is 5.13. The summed E-state index contributed by atoms with van der Waals surface area (Å²) in [7, 11) is 0. The molecule has 0 aliphatic carbocycles. The number of fused-ring (bicyclic) bond motifs is 1. The highest BCUT2D eigenvalue weighted by molar-refractivity contribution is 9.10. The molecule has 0 radical (unpaired) electrons. The van der Waals surface area contributed by atoms with E-state index in [1.165, 1.54) is 0 Å². The molecule has 4 heteroatoms. The van der Waals surface area contributed by atoms with Gasteiger partial charge >= 0.3 is 0 Å². The van der Waals surface area contributed by atoms with Crippen molar-refractivity contribution in [2.75, 3.05) is 5.32 Å². The molecule has 0 saturated carbocycles. The summed E-state index contributed by atoms with van der Waals surface area (Å²) < 4.78 is 1.03. The predicted octanol–water partition coefficient (Wildman–Crippen LogP) is 4.49. The Morgan fingerprint density at radius 2 is 2.00 bits per heavy atom. The van der Waals surface area contributed by atoms with E-state index in [1.807, 2.05) is 55.6 Å². The van der Waals surface area contributed by atoms with Gasteiger partial charge in [-0.15, -0.1) is 0 Å². The molecule has 2 N–H and O–H groups in total. The highest BCUT2D eigenvalue weighted by atomic mass is 79.9. The number of nitrogens with one attached hydrogen (secondary N) is 2. The van der Waals surface area contributed by atoms with E-state index in [-0.39, 0.29) is 5.91 Å². The van der Waals surface area contributed by atoms with E-state index in [0.29, 0.717) is 5.56 Å². The Hall–Kier alpha value is -2.07. The number of aromatic nitrogens is 1. The van der Waals surface area contributed by atoms with Crippen molar-refractivity contribution in [3.05, 3.63) is 64.3 Å². The van der Waals surface area contributed by atoms with Crippen molar-refractivity contribution in [1.82, 2.24) is 4.98 Å². The number of aryl methyl sites for hydroxylation is 1. The number of amides is 1. The Morgan fingerprint density at radius 3 is 2.80 bits per heavy atom. The average molecular weight is 329 g/mol. The Kier molecular flexibility index (Phi) is 3.32. The fourth-order valence-corrected chi connectivity index (χ4v) is 2.37. The zero-order valence-corrected chi connectivity index (χ0v) is 12.5. The highest BCUT2D eigenvalue weighted by Crippen LogP contribution is 2.21. The summed E-state index contributed by atoms with van der Waals surface area (Å²) in [5.41, 5.74) is 3.56. The number of carbonyl (C=O) groups excluding carboxylic acids is 1. The minimum absolute atomic E-state index is 0.102. The first-order valence-corrected chi connectivity index (χ1v) is 7.07.